The largest absolute Gasteiger partial charge is 0.352 e. The second-order valence-electron chi connectivity index (χ2n) is 4.98. The van der Waals surface area contributed by atoms with Crippen molar-refractivity contribution in [3.8, 4) is 0 Å². The van der Waals surface area contributed by atoms with Gasteiger partial charge < -0.3 is 5.32 Å². The summed E-state index contributed by atoms with van der Waals surface area (Å²) in [5.41, 5.74) is 1.01. The molecule has 1 amide bonds. The molecule has 1 aromatic carbocycles. The molecule has 1 aliphatic carbocycles. The summed E-state index contributed by atoms with van der Waals surface area (Å²) in [4.78, 5) is 13.6. The van der Waals surface area contributed by atoms with Gasteiger partial charge in [0.05, 0.1) is 6.54 Å². The van der Waals surface area contributed by atoms with E-state index in [1.807, 2.05) is 18.9 Å². The molecule has 1 atom stereocenters. The number of nitrogens with zero attached hydrogens (tertiary/aromatic N) is 1. The smallest absolute Gasteiger partial charge is 0.234 e. The van der Waals surface area contributed by atoms with E-state index in [4.69, 9.17) is 0 Å². The van der Waals surface area contributed by atoms with Gasteiger partial charge in [-0.2, -0.15) is 0 Å². The minimum atomic E-state index is -0.236. The normalized spacial score (nSPS) is 16.7. The van der Waals surface area contributed by atoms with Gasteiger partial charge in [-0.25, -0.2) is 4.39 Å². The third kappa shape index (κ3) is 3.53. The van der Waals surface area contributed by atoms with Crippen molar-refractivity contribution in [2.75, 3.05) is 13.6 Å². The monoisotopic (exact) mass is 250 g/mol. The number of rotatable bonds is 5. The van der Waals surface area contributed by atoms with Gasteiger partial charge in [0.1, 0.15) is 5.82 Å². The number of carbonyl (C=O) groups excluding carboxylic acids is 1. The first-order valence-corrected chi connectivity index (χ1v) is 6.31. The second kappa shape index (κ2) is 5.48. The summed E-state index contributed by atoms with van der Waals surface area (Å²) in [6.07, 6.45) is 2.20. The lowest BCUT2D eigenvalue weighted by Gasteiger charge is -2.24. The quantitative estimate of drug-likeness (QED) is 0.868. The fraction of sp³-hybridized carbons (Fsp3) is 0.500. The molecular formula is C14H19FN2O. The average molecular weight is 250 g/mol. The Morgan fingerprint density at radius 1 is 1.44 bits per heavy atom. The van der Waals surface area contributed by atoms with E-state index in [0.29, 0.717) is 12.6 Å². The van der Waals surface area contributed by atoms with Crippen molar-refractivity contribution in [2.45, 2.75) is 31.8 Å². The molecule has 0 unspecified atom stereocenters. The Bertz CT molecular complexity index is 414. The van der Waals surface area contributed by atoms with E-state index in [-0.39, 0.29) is 17.8 Å². The predicted octanol–water partition coefficient (Wildman–Crippen LogP) is 2.10. The Labute approximate surface area is 107 Å². The third-order valence-corrected chi connectivity index (χ3v) is 3.35. The van der Waals surface area contributed by atoms with E-state index < -0.39 is 0 Å². The molecule has 2 rings (SSSR count). The summed E-state index contributed by atoms with van der Waals surface area (Å²) >= 11 is 0. The molecule has 4 heteroatoms. The van der Waals surface area contributed by atoms with Gasteiger partial charge in [0.15, 0.2) is 0 Å². The first-order chi connectivity index (χ1) is 8.56. The molecule has 0 radical (unpaired) electrons. The highest BCUT2D eigenvalue weighted by atomic mass is 19.1. The number of nitrogens with one attached hydrogen (secondary N) is 1. The number of hydrogen-bond acceptors (Lipinski definition) is 2. The summed E-state index contributed by atoms with van der Waals surface area (Å²) in [6, 6.07) is 6.90. The van der Waals surface area contributed by atoms with Gasteiger partial charge >= 0.3 is 0 Å². The molecule has 1 N–H and O–H groups in total. The van der Waals surface area contributed by atoms with Crippen molar-refractivity contribution in [1.82, 2.24) is 10.2 Å². The number of likely N-dealkylation sites (N-methyl/N-ethyl adjacent to an activating group) is 1. The van der Waals surface area contributed by atoms with Crippen molar-refractivity contribution < 1.29 is 9.18 Å². The van der Waals surface area contributed by atoms with Crippen molar-refractivity contribution >= 4 is 5.91 Å². The van der Waals surface area contributed by atoms with Crippen molar-refractivity contribution in [2.24, 2.45) is 0 Å². The Kier molecular flexibility index (Phi) is 3.97. The maximum atomic E-state index is 12.8. The minimum absolute atomic E-state index is 0.0639. The molecule has 1 saturated carbocycles. The first-order valence-electron chi connectivity index (χ1n) is 6.31. The SMILES string of the molecule is C[C@H](c1ccc(F)cc1)N(C)CC(=O)NC1CC1. The van der Waals surface area contributed by atoms with E-state index in [1.165, 1.54) is 12.1 Å². The highest BCUT2D eigenvalue weighted by molar-refractivity contribution is 5.78. The molecule has 0 bridgehead atoms. The maximum Gasteiger partial charge on any atom is 0.234 e. The molecule has 0 heterocycles. The van der Waals surface area contributed by atoms with Crippen molar-refractivity contribution in [3.05, 3.63) is 35.6 Å². The molecule has 1 fully saturated rings. The fourth-order valence-electron chi connectivity index (χ4n) is 1.86. The summed E-state index contributed by atoms with van der Waals surface area (Å²) in [5.74, 6) is -0.172. The molecule has 98 valence electrons. The molecule has 0 spiro atoms. The molecule has 0 saturated heterocycles. The number of amides is 1. The zero-order valence-corrected chi connectivity index (χ0v) is 10.8. The van der Waals surface area contributed by atoms with Gasteiger partial charge in [-0.05, 0) is 44.5 Å². The summed E-state index contributed by atoms with van der Waals surface area (Å²) < 4.78 is 12.8. The zero-order valence-electron chi connectivity index (χ0n) is 10.8. The Balaban J connectivity index is 1.88. The first kappa shape index (κ1) is 13.0. The number of halogens is 1. The van der Waals surface area contributed by atoms with Crippen LogP contribution in [0.2, 0.25) is 0 Å². The molecule has 1 aliphatic rings. The molecule has 1 aromatic rings. The predicted molar refractivity (Wildman–Crippen MR) is 68.6 cm³/mol. The van der Waals surface area contributed by atoms with Crippen LogP contribution in [0.4, 0.5) is 4.39 Å². The van der Waals surface area contributed by atoms with Gasteiger partial charge in [0.2, 0.25) is 5.91 Å². The average Bonchev–Trinajstić information content (AvgIpc) is 3.12. The zero-order chi connectivity index (χ0) is 13.1. The van der Waals surface area contributed by atoms with Crippen molar-refractivity contribution in [3.63, 3.8) is 0 Å². The lowest BCUT2D eigenvalue weighted by atomic mass is 10.1. The lowest BCUT2D eigenvalue weighted by molar-refractivity contribution is -0.122. The number of benzene rings is 1. The van der Waals surface area contributed by atoms with Crippen LogP contribution in [0, 0.1) is 5.82 Å². The van der Waals surface area contributed by atoms with E-state index in [1.54, 1.807) is 12.1 Å². The number of hydrogen-bond donors (Lipinski definition) is 1. The summed E-state index contributed by atoms with van der Waals surface area (Å²) in [7, 11) is 1.90. The van der Waals surface area contributed by atoms with E-state index in [0.717, 1.165) is 18.4 Å². The second-order valence-corrected chi connectivity index (χ2v) is 4.98. The molecule has 0 aromatic heterocycles. The van der Waals surface area contributed by atoms with Gasteiger partial charge in [-0.1, -0.05) is 12.1 Å². The molecule has 3 nitrogen and oxygen atoms in total. The van der Waals surface area contributed by atoms with E-state index in [9.17, 15) is 9.18 Å². The van der Waals surface area contributed by atoms with Crippen LogP contribution in [0.3, 0.4) is 0 Å². The van der Waals surface area contributed by atoms with E-state index in [2.05, 4.69) is 5.32 Å². The maximum absolute atomic E-state index is 12.8. The number of carbonyl (C=O) groups is 1. The van der Waals surface area contributed by atoms with Crippen LogP contribution in [0.5, 0.6) is 0 Å². The standard InChI is InChI=1S/C14H19FN2O/c1-10(11-3-5-12(15)6-4-11)17(2)9-14(18)16-13-7-8-13/h3-6,10,13H,7-9H2,1-2H3,(H,16,18)/t10-/m1/s1. The highest BCUT2D eigenvalue weighted by Gasteiger charge is 2.24. The third-order valence-electron chi connectivity index (χ3n) is 3.35. The summed E-state index contributed by atoms with van der Waals surface area (Å²) in [6.45, 7) is 2.38. The van der Waals surface area contributed by atoms with Crippen LogP contribution in [0.1, 0.15) is 31.4 Å². The van der Waals surface area contributed by atoms with Crippen LogP contribution in [0.25, 0.3) is 0 Å². The van der Waals surface area contributed by atoms with Crippen LogP contribution < -0.4 is 5.32 Å². The fourth-order valence-corrected chi connectivity index (χ4v) is 1.86. The highest BCUT2D eigenvalue weighted by Crippen LogP contribution is 2.20. The van der Waals surface area contributed by atoms with Crippen LogP contribution >= 0.6 is 0 Å². The van der Waals surface area contributed by atoms with Gasteiger partial charge in [-0.15, -0.1) is 0 Å². The van der Waals surface area contributed by atoms with Crippen LogP contribution in [-0.4, -0.2) is 30.4 Å². The Morgan fingerprint density at radius 3 is 2.61 bits per heavy atom. The lowest BCUT2D eigenvalue weighted by Crippen LogP contribution is -2.37. The van der Waals surface area contributed by atoms with Gasteiger partial charge in [0, 0.05) is 12.1 Å². The van der Waals surface area contributed by atoms with Crippen molar-refractivity contribution in [1.29, 1.82) is 0 Å². The molecule has 18 heavy (non-hydrogen) atoms. The van der Waals surface area contributed by atoms with Crippen LogP contribution in [-0.2, 0) is 4.79 Å². The molecular weight excluding hydrogens is 231 g/mol. The Morgan fingerprint density at radius 2 is 2.06 bits per heavy atom. The van der Waals surface area contributed by atoms with Crippen LogP contribution in [0.15, 0.2) is 24.3 Å². The summed E-state index contributed by atoms with van der Waals surface area (Å²) in [5, 5.41) is 2.96. The van der Waals surface area contributed by atoms with Gasteiger partial charge in [0.25, 0.3) is 0 Å². The molecule has 0 aliphatic heterocycles. The minimum Gasteiger partial charge on any atom is -0.352 e. The van der Waals surface area contributed by atoms with E-state index >= 15 is 0 Å². The Hall–Kier alpha value is -1.42. The van der Waals surface area contributed by atoms with Gasteiger partial charge in [-0.3, -0.25) is 9.69 Å². The topological polar surface area (TPSA) is 32.3 Å².